The van der Waals surface area contributed by atoms with Crippen LogP contribution in [0.1, 0.15) is 31.4 Å². The number of hydrogen-bond acceptors (Lipinski definition) is 3. The minimum Gasteiger partial charge on any atom is -0.446 e. The Bertz CT molecular complexity index is 544. The Kier molecular flexibility index (Phi) is 4.13. The molecule has 2 N–H and O–H groups in total. The van der Waals surface area contributed by atoms with Gasteiger partial charge in [-0.15, -0.1) is 0 Å². The van der Waals surface area contributed by atoms with E-state index >= 15 is 0 Å². The van der Waals surface area contributed by atoms with Crippen LogP contribution in [0.2, 0.25) is 0 Å². The summed E-state index contributed by atoms with van der Waals surface area (Å²) in [6.07, 6.45) is -5.19. The maximum absolute atomic E-state index is 12.7. The Balaban J connectivity index is 2.37. The fourth-order valence-corrected chi connectivity index (χ4v) is 2.30. The molecule has 0 radical (unpaired) electrons. The number of rotatable bonds is 1. The number of benzene rings is 1. The van der Waals surface area contributed by atoms with Crippen molar-refractivity contribution in [2.45, 2.75) is 45.1 Å². The van der Waals surface area contributed by atoms with Crippen molar-refractivity contribution in [2.75, 3.05) is 4.90 Å². The molecule has 1 heterocycles. The van der Waals surface area contributed by atoms with E-state index in [0.717, 1.165) is 12.1 Å². The van der Waals surface area contributed by atoms with E-state index in [1.54, 1.807) is 13.8 Å². The molecule has 7 heteroatoms. The third-order valence-corrected chi connectivity index (χ3v) is 3.24. The van der Waals surface area contributed by atoms with Gasteiger partial charge in [0, 0.05) is 0 Å². The predicted octanol–water partition coefficient (Wildman–Crippen LogP) is 3.29. The van der Waals surface area contributed by atoms with Crippen LogP contribution >= 0.6 is 0 Å². The number of carbonyl (C=O) groups excluding carboxylic acids is 1. The van der Waals surface area contributed by atoms with Crippen molar-refractivity contribution in [3.63, 3.8) is 0 Å². The van der Waals surface area contributed by atoms with E-state index in [-0.39, 0.29) is 6.10 Å². The maximum Gasteiger partial charge on any atom is 0.416 e. The molecule has 0 fully saturated rings. The molecule has 21 heavy (non-hydrogen) atoms. The molecule has 1 aliphatic rings. The van der Waals surface area contributed by atoms with Gasteiger partial charge in [0.1, 0.15) is 0 Å². The third kappa shape index (κ3) is 3.29. The molecule has 0 bridgehead atoms. The summed E-state index contributed by atoms with van der Waals surface area (Å²) in [5.74, 6) is 0. The Morgan fingerprint density at radius 2 is 2.10 bits per heavy atom. The van der Waals surface area contributed by atoms with Crippen LogP contribution in [0.5, 0.6) is 0 Å². The highest BCUT2D eigenvalue weighted by molar-refractivity contribution is 5.90. The van der Waals surface area contributed by atoms with Crippen molar-refractivity contribution in [3.8, 4) is 0 Å². The summed E-state index contributed by atoms with van der Waals surface area (Å²) in [6.45, 7) is 3.39. The minimum absolute atomic E-state index is 0.329. The van der Waals surface area contributed by atoms with Crippen LogP contribution in [0.15, 0.2) is 18.2 Å². The normalized spacial score (nSPS) is 18.6. The van der Waals surface area contributed by atoms with Gasteiger partial charge in [0.25, 0.3) is 0 Å². The van der Waals surface area contributed by atoms with Gasteiger partial charge >= 0.3 is 12.3 Å². The monoisotopic (exact) mass is 302 g/mol. The largest absolute Gasteiger partial charge is 0.446 e. The first-order chi connectivity index (χ1) is 9.70. The molecule has 116 valence electrons. The lowest BCUT2D eigenvalue weighted by Crippen LogP contribution is -2.49. The smallest absolute Gasteiger partial charge is 0.416 e. The number of halogens is 3. The van der Waals surface area contributed by atoms with Crippen LogP contribution in [0.25, 0.3) is 0 Å². The standard InChI is InChI=1S/C14H17F3N2O2/c1-8(2)21-13(20)19-11-5-4-10(14(15,16)17)7-9(11)3-6-12(19)18/h4-5,7-8,12H,3,6,18H2,1-2H3. The first-order valence-electron chi connectivity index (χ1n) is 6.65. The van der Waals surface area contributed by atoms with Crippen molar-refractivity contribution in [1.29, 1.82) is 0 Å². The van der Waals surface area contributed by atoms with Crippen molar-refractivity contribution in [3.05, 3.63) is 29.3 Å². The summed E-state index contributed by atoms with van der Waals surface area (Å²) in [5, 5.41) is 0. The van der Waals surface area contributed by atoms with Crippen molar-refractivity contribution in [2.24, 2.45) is 5.73 Å². The van der Waals surface area contributed by atoms with Gasteiger partial charge < -0.3 is 10.5 Å². The second-order valence-electron chi connectivity index (χ2n) is 5.25. The number of anilines is 1. The number of hydrogen-bond donors (Lipinski definition) is 1. The molecule has 0 aromatic heterocycles. The molecular weight excluding hydrogens is 285 g/mol. The number of amides is 1. The van der Waals surface area contributed by atoms with Crippen LogP contribution in [-0.4, -0.2) is 18.4 Å². The van der Waals surface area contributed by atoms with Crippen LogP contribution < -0.4 is 10.6 Å². The average molecular weight is 302 g/mol. The van der Waals surface area contributed by atoms with Gasteiger partial charge in [0.05, 0.1) is 23.5 Å². The van der Waals surface area contributed by atoms with Gasteiger partial charge in [-0.3, -0.25) is 4.90 Å². The molecule has 1 aromatic carbocycles. The molecule has 1 amide bonds. The number of aryl methyl sites for hydroxylation is 1. The van der Waals surface area contributed by atoms with E-state index in [4.69, 9.17) is 10.5 Å². The van der Waals surface area contributed by atoms with Crippen molar-refractivity contribution in [1.82, 2.24) is 0 Å². The third-order valence-electron chi connectivity index (χ3n) is 3.24. The van der Waals surface area contributed by atoms with Crippen LogP contribution in [0.4, 0.5) is 23.7 Å². The molecular formula is C14H17F3N2O2. The van der Waals surface area contributed by atoms with Gasteiger partial charge in [-0.2, -0.15) is 13.2 Å². The number of nitrogens with two attached hydrogens (primary N) is 1. The molecule has 0 saturated heterocycles. The molecule has 1 aliphatic heterocycles. The van der Waals surface area contributed by atoms with E-state index in [0.29, 0.717) is 24.1 Å². The maximum atomic E-state index is 12.7. The topological polar surface area (TPSA) is 55.6 Å². The first kappa shape index (κ1) is 15.6. The summed E-state index contributed by atoms with van der Waals surface area (Å²) >= 11 is 0. The second kappa shape index (κ2) is 5.55. The molecule has 1 aromatic rings. The van der Waals surface area contributed by atoms with Gasteiger partial charge in [-0.25, -0.2) is 4.79 Å². The number of fused-ring (bicyclic) bond motifs is 1. The minimum atomic E-state index is -4.40. The zero-order chi connectivity index (χ0) is 15.8. The Morgan fingerprint density at radius 3 is 2.67 bits per heavy atom. The summed E-state index contributed by atoms with van der Waals surface area (Å²) < 4.78 is 43.3. The summed E-state index contributed by atoms with van der Waals surface area (Å²) in [7, 11) is 0. The van der Waals surface area contributed by atoms with Crippen molar-refractivity contribution < 1.29 is 22.7 Å². The molecule has 2 rings (SSSR count). The van der Waals surface area contributed by atoms with Crippen LogP contribution in [0.3, 0.4) is 0 Å². The van der Waals surface area contributed by atoms with Crippen LogP contribution in [0, 0.1) is 0 Å². The van der Waals surface area contributed by atoms with E-state index in [1.807, 2.05) is 0 Å². The molecule has 1 atom stereocenters. The summed E-state index contributed by atoms with van der Waals surface area (Å²) in [4.78, 5) is 13.3. The van der Waals surface area contributed by atoms with E-state index in [9.17, 15) is 18.0 Å². The zero-order valence-electron chi connectivity index (χ0n) is 11.8. The fourth-order valence-electron chi connectivity index (χ4n) is 2.30. The molecule has 0 aliphatic carbocycles. The Labute approximate surface area is 120 Å². The van der Waals surface area contributed by atoms with Gasteiger partial charge in [-0.1, -0.05) is 0 Å². The predicted molar refractivity (Wildman–Crippen MR) is 71.8 cm³/mol. The molecule has 4 nitrogen and oxygen atoms in total. The Morgan fingerprint density at radius 1 is 1.43 bits per heavy atom. The highest BCUT2D eigenvalue weighted by Crippen LogP contribution is 2.36. The summed E-state index contributed by atoms with van der Waals surface area (Å²) in [6, 6.07) is 3.29. The number of ether oxygens (including phenoxy) is 1. The molecule has 0 spiro atoms. The lowest BCUT2D eigenvalue weighted by atomic mass is 9.97. The highest BCUT2D eigenvalue weighted by atomic mass is 19.4. The van der Waals surface area contributed by atoms with Gasteiger partial charge in [0.15, 0.2) is 0 Å². The van der Waals surface area contributed by atoms with E-state index in [2.05, 4.69) is 0 Å². The Hall–Kier alpha value is -1.76. The van der Waals surface area contributed by atoms with E-state index in [1.165, 1.54) is 11.0 Å². The quantitative estimate of drug-likeness (QED) is 0.866. The van der Waals surface area contributed by atoms with E-state index < -0.39 is 24.0 Å². The SMILES string of the molecule is CC(C)OC(=O)N1c2ccc(C(F)(F)F)cc2CCC1N. The zero-order valence-corrected chi connectivity index (χ0v) is 11.8. The lowest BCUT2D eigenvalue weighted by molar-refractivity contribution is -0.137. The molecule has 0 saturated carbocycles. The molecule has 1 unspecified atom stereocenters. The van der Waals surface area contributed by atoms with Gasteiger partial charge in [-0.05, 0) is 50.5 Å². The second-order valence-corrected chi connectivity index (χ2v) is 5.25. The number of carbonyl (C=O) groups is 1. The van der Waals surface area contributed by atoms with Crippen molar-refractivity contribution >= 4 is 11.8 Å². The number of alkyl halides is 3. The first-order valence-corrected chi connectivity index (χ1v) is 6.65. The average Bonchev–Trinajstić information content (AvgIpc) is 2.35. The van der Waals surface area contributed by atoms with Crippen LogP contribution in [-0.2, 0) is 17.3 Å². The number of nitrogens with zero attached hydrogens (tertiary/aromatic N) is 1. The highest BCUT2D eigenvalue weighted by Gasteiger charge is 2.35. The van der Waals surface area contributed by atoms with Gasteiger partial charge in [0.2, 0.25) is 0 Å². The fraction of sp³-hybridized carbons (Fsp3) is 0.500. The summed E-state index contributed by atoms with van der Waals surface area (Å²) in [5.41, 5.74) is 6.00. The lowest BCUT2D eigenvalue weighted by Gasteiger charge is -2.34.